The van der Waals surface area contributed by atoms with Gasteiger partial charge in [0, 0.05) is 12.4 Å². The normalized spacial score (nSPS) is 15.2. The van der Waals surface area contributed by atoms with Gasteiger partial charge in [0.1, 0.15) is 6.04 Å². The number of carboxylic acids is 1. The molecule has 4 heteroatoms. The molecular formula is C9H14N2O2. The summed E-state index contributed by atoms with van der Waals surface area (Å²) < 4.78 is 1.64. The zero-order chi connectivity index (χ0) is 9.84. The number of carbonyl (C=O) groups is 1. The molecule has 1 aromatic heterocycles. The van der Waals surface area contributed by atoms with E-state index >= 15 is 0 Å². The van der Waals surface area contributed by atoms with E-state index in [2.05, 4.69) is 4.98 Å². The molecule has 13 heavy (non-hydrogen) atoms. The highest BCUT2D eigenvalue weighted by atomic mass is 16.4. The largest absolute Gasteiger partial charge is 0.480 e. The summed E-state index contributed by atoms with van der Waals surface area (Å²) >= 11 is 0. The van der Waals surface area contributed by atoms with Crippen LogP contribution in [0.4, 0.5) is 0 Å². The third-order valence-corrected chi connectivity index (χ3v) is 2.28. The molecule has 0 unspecified atom stereocenters. The minimum absolute atomic E-state index is 0.117. The van der Waals surface area contributed by atoms with Crippen molar-refractivity contribution in [2.75, 3.05) is 0 Å². The first-order valence-corrected chi connectivity index (χ1v) is 4.37. The smallest absolute Gasteiger partial charge is 0.326 e. The molecule has 0 amide bonds. The van der Waals surface area contributed by atoms with Crippen LogP contribution in [0.3, 0.4) is 0 Å². The number of aromatic nitrogens is 2. The van der Waals surface area contributed by atoms with Crippen LogP contribution in [0.2, 0.25) is 0 Å². The summed E-state index contributed by atoms with van der Waals surface area (Å²) in [6.45, 7) is 3.91. The molecule has 0 radical (unpaired) electrons. The summed E-state index contributed by atoms with van der Waals surface area (Å²) in [5.41, 5.74) is 0. The molecule has 0 spiro atoms. The maximum atomic E-state index is 10.9. The number of hydrogen-bond acceptors (Lipinski definition) is 2. The van der Waals surface area contributed by atoms with E-state index in [-0.39, 0.29) is 5.92 Å². The number of hydrogen-bond donors (Lipinski definition) is 1. The topological polar surface area (TPSA) is 55.1 Å². The average Bonchev–Trinajstić information content (AvgIpc) is 2.56. The van der Waals surface area contributed by atoms with Crippen molar-refractivity contribution in [3.8, 4) is 0 Å². The molecule has 0 saturated carbocycles. The lowest BCUT2D eigenvalue weighted by molar-refractivity contribution is -0.142. The van der Waals surface area contributed by atoms with Crippen LogP contribution >= 0.6 is 0 Å². The first-order valence-electron chi connectivity index (χ1n) is 4.37. The van der Waals surface area contributed by atoms with Gasteiger partial charge in [-0.15, -0.1) is 0 Å². The Morgan fingerprint density at radius 2 is 2.38 bits per heavy atom. The summed E-state index contributed by atoms with van der Waals surface area (Å²) in [5.74, 6) is -0.681. The Morgan fingerprint density at radius 3 is 2.77 bits per heavy atom. The van der Waals surface area contributed by atoms with Gasteiger partial charge in [0.2, 0.25) is 0 Å². The van der Waals surface area contributed by atoms with Crippen LogP contribution in [-0.2, 0) is 4.79 Å². The van der Waals surface area contributed by atoms with Crippen LogP contribution in [0.15, 0.2) is 18.7 Å². The molecule has 1 N–H and O–H groups in total. The van der Waals surface area contributed by atoms with Gasteiger partial charge in [0.05, 0.1) is 6.33 Å². The van der Waals surface area contributed by atoms with Crippen molar-refractivity contribution in [2.24, 2.45) is 5.92 Å². The second-order valence-corrected chi connectivity index (χ2v) is 3.18. The number of nitrogens with zero attached hydrogens (tertiary/aromatic N) is 2. The van der Waals surface area contributed by atoms with Crippen molar-refractivity contribution < 1.29 is 9.90 Å². The van der Waals surface area contributed by atoms with Gasteiger partial charge in [0.25, 0.3) is 0 Å². The average molecular weight is 182 g/mol. The first kappa shape index (κ1) is 9.77. The van der Waals surface area contributed by atoms with E-state index in [4.69, 9.17) is 5.11 Å². The molecule has 0 aliphatic heterocycles. The van der Waals surface area contributed by atoms with E-state index in [0.29, 0.717) is 0 Å². The van der Waals surface area contributed by atoms with Gasteiger partial charge in [0.15, 0.2) is 0 Å². The molecule has 72 valence electrons. The van der Waals surface area contributed by atoms with E-state index in [1.165, 1.54) is 0 Å². The predicted molar refractivity (Wildman–Crippen MR) is 48.4 cm³/mol. The summed E-state index contributed by atoms with van der Waals surface area (Å²) in [6.07, 6.45) is 5.67. The quantitative estimate of drug-likeness (QED) is 0.768. The lowest BCUT2D eigenvalue weighted by atomic mass is 9.99. The van der Waals surface area contributed by atoms with Crippen molar-refractivity contribution in [1.82, 2.24) is 9.55 Å². The highest BCUT2D eigenvalue weighted by Gasteiger charge is 2.24. The fourth-order valence-electron chi connectivity index (χ4n) is 1.32. The Balaban J connectivity index is 2.87. The van der Waals surface area contributed by atoms with E-state index < -0.39 is 12.0 Å². The molecule has 0 bridgehead atoms. The fourth-order valence-corrected chi connectivity index (χ4v) is 1.32. The van der Waals surface area contributed by atoms with Crippen molar-refractivity contribution in [3.05, 3.63) is 18.7 Å². The molecule has 1 rings (SSSR count). The molecular weight excluding hydrogens is 168 g/mol. The second-order valence-electron chi connectivity index (χ2n) is 3.18. The van der Waals surface area contributed by atoms with Gasteiger partial charge >= 0.3 is 5.97 Å². The summed E-state index contributed by atoms with van der Waals surface area (Å²) in [5, 5.41) is 9.00. The Morgan fingerprint density at radius 1 is 1.69 bits per heavy atom. The summed E-state index contributed by atoms with van der Waals surface area (Å²) in [6, 6.07) is -0.493. The van der Waals surface area contributed by atoms with Gasteiger partial charge in [-0.3, -0.25) is 0 Å². The maximum absolute atomic E-state index is 10.9. The van der Waals surface area contributed by atoms with Crippen molar-refractivity contribution >= 4 is 5.97 Å². The highest BCUT2D eigenvalue weighted by molar-refractivity contribution is 5.72. The van der Waals surface area contributed by atoms with Gasteiger partial charge in [-0.2, -0.15) is 0 Å². The SMILES string of the molecule is CC[C@H](C)[C@@H](C(=O)O)n1ccnc1. The van der Waals surface area contributed by atoms with Crippen molar-refractivity contribution in [1.29, 1.82) is 0 Å². The maximum Gasteiger partial charge on any atom is 0.326 e. The lowest BCUT2D eigenvalue weighted by Crippen LogP contribution is -2.24. The molecule has 4 nitrogen and oxygen atoms in total. The minimum Gasteiger partial charge on any atom is -0.480 e. The standard InChI is InChI=1S/C9H14N2O2/c1-3-7(2)8(9(12)13)11-5-4-10-6-11/h4-8H,3H2,1-2H3,(H,12,13)/t7-,8-/m0/s1. The number of aliphatic carboxylic acids is 1. The molecule has 0 aliphatic rings. The molecule has 2 atom stereocenters. The van der Waals surface area contributed by atoms with E-state index in [1.807, 2.05) is 13.8 Å². The molecule has 1 aromatic rings. The van der Waals surface area contributed by atoms with Gasteiger partial charge in [-0.05, 0) is 5.92 Å². The second kappa shape index (κ2) is 4.07. The Labute approximate surface area is 77.2 Å². The van der Waals surface area contributed by atoms with E-state index in [0.717, 1.165) is 6.42 Å². The first-order chi connectivity index (χ1) is 6.16. The van der Waals surface area contributed by atoms with Crippen LogP contribution in [0, 0.1) is 5.92 Å². The van der Waals surface area contributed by atoms with Crippen LogP contribution in [-0.4, -0.2) is 20.6 Å². The number of rotatable bonds is 4. The third kappa shape index (κ3) is 2.08. The highest BCUT2D eigenvalue weighted by Crippen LogP contribution is 2.20. The minimum atomic E-state index is -0.799. The molecule has 0 aromatic carbocycles. The van der Waals surface area contributed by atoms with Crippen LogP contribution in [0.1, 0.15) is 26.3 Å². The number of carboxylic acid groups (broad SMARTS) is 1. The monoisotopic (exact) mass is 182 g/mol. The summed E-state index contributed by atoms with van der Waals surface area (Å²) in [7, 11) is 0. The summed E-state index contributed by atoms with van der Waals surface area (Å²) in [4.78, 5) is 14.8. The predicted octanol–water partition coefficient (Wildman–Crippen LogP) is 1.55. The fraction of sp³-hybridized carbons (Fsp3) is 0.556. The number of imidazole rings is 1. The van der Waals surface area contributed by atoms with Gasteiger partial charge in [-0.25, -0.2) is 9.78 Å². The van der Waals surface area contributed by atoms with E-state index in [1.54, 1.807) is 23.3 Å². The molecule has 0 saturated heterocycles. The Hall–Kier alpha value is -1.32. The molecule has 0 aliphatic carbocycles. The molecule has 1 heterocycles. The van der Waals surface area contributed by atoms with Crippen LogP contribution in [0.25, 0.3) is 0 Å². The van der Waals surface area contributed by atoms with Crippen LogP contribution < -0.4 is 0 Å². The van der Waals surface area contributed by atoms with Crippen molar-refractivity contribution in [2.45, 2.75) is 26.3 Å². The van der Waals surface area contributed by atoms with Crippen molar-refractivity contribution in [3.63, 3.8) is 0 Å². The zero-order valence-corrected chi connectivity index (χ0v) is 7.84. The molecule has 0 fully saturated rings. The van der Waals surface area contributed by atoms with Crippen LogP contribution in [0.5, 0.6) is 0 Å². The van der Waals surface area contributed by atoms with Gasteiger partial charge in [-0.1, -0.05) is 20.3 Å². The van der Waals surface area contributed by atoms with Gasteiger partial charge < -0.3 is 9.67 Å². The van der Waals surface area contributed by atoms with E-state index in [9.17, 15) is 4.79 Å². The third-order valence-electron chi connectivity index (χ3n) is 2.28. The zero-order valence-electron chi connectivity index (χ0n) is 7.84. The lowest BCUT2D eigenvalue weighted by Gasteiger charge is -2.19. The Bertz CT molecular complexity index is 269. The Kier molecular flexibility index (Phi) is 3.06.